The summed E-state index contributed by atoms with van der Waals surface area (Å²) in [5.74, 6) is 0.948. The molecular weight excluding hydrogens is 293 g/mol. The summed E-state index contributed by atoms with van der Waals surface area (Å²) in [5.41, 5.74) is 1.52. The Bertz CT molecular complexity index is 711. The van der Waals surface area contributed by atoms with E-state index >= 15 is 4.39 Å². The molecule has 0 unspecified atom stereocenters. The van der Waals surface area contributed by atoms with Crippen LogP contribution >= 0.6 is 0 Å². The highest BCUT2D eigenvalue weighted by Gasteiger charge is 2.24. The molecule has 5 heteroatoms. The molecule has 2 aromatic heterocycles. The van der Waals surface area contributed by atoms with Crippen LogP contribution in [0.1, 0.15) is 83.4 Å². The lowest BCUT2D eigenvalue weighted by Crippen LogP contribution is -2.11. The van der Waals surface area contributed by atoms with E-state index in [9.17, 15) is 0 Å². The second-order valence-corrected chi connectivity index (χ2v) is 6.70. The first-order chi connectivity index (χ1) is 10.8. The zero-order valence-corrected chi connectivity index (χ0v) is 15.1. The molecule has 2 heterocycles. The van der Waals surface area contributed by atoms with Crippen LogP contribution in [-0.4, -0.2) is 21.6 Å². The summed E-state index contributed by atoms with van der Waals surface area (Å²) >= 11 is 0. The monoisotopic (exact) mass is 319 g/mol. The van der Waals surface area contributed by atoms with Gasteiger partial charge in [-0.3, -0.25) is 0 Å². The number of rotatable bonds is 5. The third-order valence-electron chi connectivity index (χ3n) is 3.71. The molecule has 0 aliphatic carbocycles. The smallest absolute Gasteiger partial charge is 0.225 e. The average molecular weight is 319 g/mol. The lowest BCUT2D eigenvalue weighted by atomic mass is 10.0. The van der Waals surface area contributed by atoms with E-state index in [1.807, 2.05) is 48.5 Å². The van der Waals surface area contributed by atoms with Crippen LogP contribution in [0, 0.1) is 5.82 Å². The van der Waals surface area contributed by atoms with E-state index in [-0.39, 0.29) is 23.6 Å². The van der Waals surface area contributed by atoms with Crippen LogP contribution < -0.4 is 4.74 Å². The van der Waals surface area contributed by atoms with Crippen molar-refractivity contribution >= 4 is 10.9 Å². The van der Waals surface area contributed by atoms with Gasteiger partial charge in [-0.1, -0.05) is 41.5 Å². The Morgan fingerprint density at radius 3 is 1.96 bits per heavy atom. The SMILES string of the molecule is CCOc1nc(C(C)C)c(F)c2nc(C(C)C)nc(C(C)C)c12. The second kappa shape index (κ2) is 6.77. The Morgan fingerprint density at radius 1 is 0.870 bits per heavy atom. The van der Waals surface area contributed by atoms with Crippen molar-refractivity contribution < 1.29 is 9.13 Å². The van der Waals surface area contributed by atoms with Crippen molar-refractivity contribution in [3.8, 4) is 5.88 Å². The van der Waals surface area contributed by atoms with Gasteiger partial charge >= 0.3 is 0 Å². The molecule has 0 radical (unpaired) electrons. The van der Waals surface area contributed by atoms with E-state index in [2.05, 4.69) is 15.0 Å². The predicted octanol–water partition coefficient (Wildman–Crippen LogP) is 4.93. The van der Waals surface area contributed by atoms with E-state index in [4.69, 9.17) is 4.74 Å². The van der Waals surface area contributed by atoms with Gasteiger partial charge in [0.2, 0.25) is 5.88 Å². The Hall–Kier alpha value is -1.78. The van der Waals surface area contributed by atoms with E-state index < -0.39 is 0 Å². The van der Waals surface area contributed by atoms with E-state index in [0.29, 0.717) is 34.9 Å². The van der Waals surface area contributed by atoms with Crippen LogP contribution in [0.25, 0.3) is 10.9 Å². The standard InChI is InChI=1S/C18H26FN3O/c1-8-23-18-12-14(9(2)3)20-17(11(6)7)21-16(12)13(19)15(22-18)10(4)5/h9-11H,8H2,1-7H3. The minimum atomic E-state index is -0.357. The van der Waals surface area contributed by atoms with Crippen molar-refractivity contribution in [3.63, 3.8) is 0 Å². The molecular formula is C18H26FN3O. The van der Waals surface area contributed by atoms with Crippen LogP contribution in [0.4, 0.5) is 4.39 Å². The molecule has 0 atom stereocenters. The molecule has 0 N–H and O–H groups in total. The Labute approximate surface area is 137 Å². The number of pyridine rings is 1. The molecule has 0 spiro atoms. The summed E-state index contributed by atoms with van der Waals surface area (Å²) in [6.45, 7) is 14.3. The average Bonchev–Trinajstić information content (AvgIpc) is 2.48. The van der Waals surface area contributed by atoms with Crippen molar-refractivity contribution in [1.29, 1.82) is 0 Å². The van der Waals surface area contributed by atoms with Crippen molar-refractivity contribution in [2.45, 2.75) is 66.2 Å². The molecule has 0 aromatic carbocycles. The Balaban J connectivity index is 2.95. The van der Waals surface area contributed by atoms with Crippen molar-refractivity contribution in [3.05, 3.63) is 23.0 Å². The van der Waals surface area contributed by atoms with Gasteiger partial charge in [-0.15, -0.1) is 0 Å². The first-order valence-corrected chi connectivity index (χ1v) is 8.31. The summed E-state index contributed by atoms with van der Waals surface area (Å²) < 4.78 is 20.7. The van der Waals surface area contributed by atoms with Gasteiger partial charge in [0, 0.05) is 5.92 Å². The molecule has 0 saturated heterocycles. The van der Waals surface area contributed by atoms with Gasteiger partial charge in [0.15, 0.2) is 5.82 Å². The van der Waals surface area contributed by atoms with Crippen molar-refractivity contribution in [2.75, 3.05) is 6.61 Å². The molecule has 23 heavy (non-hydrogen) atoms. The van der Waals surface area contributed by atoms with Crippen LogP contribution in [0.3, 0.4) is 0 Å². The molecule has 126 valence electrons. The highest BCUT2D eigenvalue weighted by molar-refractivity contribution is 5.87. The van der Waals surface area contributed by atoms with Gasteiger partial charge in [0.1, 0.15) is 11.3 Å². The predicted molar refractivity (Wildman–Crippen MR) is 90.7 cm³/mol. The van der Waals surface area contributed by atoms with Gasteiger partial charge in [0.05, 0.1) is 23.4 Å². The number of aromatic nitrogens is 3. The largest absolute Gasteiger partial charge is 0.477 e. The zero-order chi connectivity index (χ0) is 17.3. The summed E-state index contributed by atoms with van der Waals surface area (Å²) in [5, 5.41) is 0.605. The zero-order valence-electron chi connectivity index (χ0n) is 15.1. The maximum absolute atomic E-state index is 15.0. The number of nitrogens with zero attached hydrogens (tertiary/aromatic N) is 3. The molecule has 0 aliphatic rings. The molecule has 2 rings (SSSR count). The summed E-state index contributed by atoms with van der Waals surface area (Å²) in [4.78, 5) is 13.6. The molecule has 0 aliphatic heterocycles. The number of hydrogen-bond donors (Lipinski definition) is 0. The molecule has 0 saturated carbocycles. The topological polar surface area (TPSA) is 47.9 Å². The van der Waals surface area contributed by atoms with Crippen LogP contribution in [0.2, 0.25) is 0 Å². The number of fused-ring (bicyclic) bond motifs is 1. The summed E-state index contributed by atoms with van der Waals surface area (Å²) in [6.07, 6.45) is 0. The molecule has 0 fully saturated rings. The normalized spacial score (nSPS) is 12.0. The number of halogens is 1. The van der Waals surface area contributed by atoms with E-state index in [0.717, 1.165) is 5.69 Å². The Morgan fingerprint density at radius 2 is 1.48 bits per heavy atom. The maximum atomic E-state index is 15.0. The fourth-order valence-corrected chi connectivity index (χ4v) is 2.50. The van der Waals surface area contributed by atoms with Crippen LogP contribution in [0.5, 0.6) is 5.88 Å². The van der Waals surface area contributed by atoms with E-state index in [1.54, 1.807) is 0 Å². The molecule has 0 amide bonds. The highest BCUT2D eigenvalue weighted by atomic mass is 19.1. The van der Waals surface area contributed by atoms with Gasteiger partial charge in [-0.2, -0.15) is 0 Å². The van der Waals surface area contributed by atoms with E-state index in [1.165, 1.54) is 0 Å². The molecule has 4 nitrogen and oxygen atoms in total. The minimum absolute atomic E-state index is 0.0430. The summed E-state index contributed by atoms with van der Waals surface area (Å²) in [6, 6.07) is 0. The number of ether oxygens (including phenoxy) is 1. The van der Waals surface area contributed by atoms with Crippen LogP contribution in [0.15, 0.2) is 0 Å². The third-order valence-corrected chi connectivity index (χ3v) is 3.71. The fourth-order valence-electron chi connectivity index (χ4n) is 2.50. The minimum Gasteiger partial charge on any atom is -0.477 e. The van der Waals surface area contributed by atoms with Gasteiger partial charge in [0.25, 0.3) is 0 Å². The van der Waals surface area contributed by atoms with Crippen molar-refractivity contribution in [2.24, 2.45) is 0 Å². The van der Waals surface area contributed by atoms with Gasteiger partial charge < -0.3 is 4.74 Å². The molecule has 0 bridgehead atoms. The molecule has 2 aromatic rings. The third kappa shape index (κ3) is 3.28. The maximum Gasteiger partial charge on any atom is 0.225 e. The quantitative estimate of drug-likeness (QED) is 0.783. The second-order valence-electron chi connectivity index (χ2n) is 6.70. The first-order valence-electron chi connectivity index (χ1n) is 8.31. The lowest BCUT2D eigenvalue weighted by Gasteiger charge is -2.18. The Kier molecular flexibility index (Phi) is 5.17. The summed E-state index contributed by atoms with van der Waals surface area (Å²) in [7, 11) is 0. The number of hydrogen-bond acceptors (Lipinski definition) is 4. The lowest BCUT2D eigenvalue weighted by molar-refractivity contribution is 0.328. The van der Waals surface area contributed by atoms with Gasteiger partial charge in [-0.05, 0) is 18.8 Å². The fraction of sp³-hybridized carbons (Fsp3) is 0.611. The highest BCUT2D eigenvalue weighted by Crippen LogP contribution is 2.35. The first kappa shape index (κ1) is 17.6. The van der Waals surface area contributed by atoms with Gasteiger partial charge in [-0.25, -0.2) is 19.3 Å². The van der Waals surface area contributed by atoms with Crippen molar-refractivity contribution in [1.82, 2.24) is 15.0 Å². The van der Waals surface area contributed by atoms with Crippen LogP contribution in [-0.2, 0) is 0 Å².